The van der Waals surface area contributed by atoms with Crippen molar-refractivity contribution < 1.29 is 17.6 Å². The van der Waals surface area contributed by atoms with Gasteiger partial charge < -0.3 is 14.7 Å². The van der Waals surface area contributed by atoms with Crippen LogP contribution in [-0.4, -0.2) is 36.7 Å². The van der Waals surface area contributed by atoms with E-state index in [1.807, 2.05) is 18.2 Å². The maximum atomic E-state index is 13.3. The molecule has 0 spiro atoms. The van der Waals surface area contributed by atoms with Crippen LogP contribution in [0.1, 0.15) is 49.1 Å². The van der Waals surface area contributed by atoms with Gasteiger partial charge in [-0.1, -0.05) is 6.42 Å². The van der Waals surface area contributed by atoms with Gasteiger partial charge in [0.1, 0.15) is 5.76 Å². The molecule has 8 heteroatoms. The molecule has 2 aliphatic rings. The number of carbonyl (C=O) groups excluding carboxylic acids is 1. The standard InChI is InChI=1S/C24H29N3O4S/c28-24(25-16-18-5-4-14-31-18)17-10-12-27(13-11-17)32(29,30)19-8-9-23-21(15-19)20-6-2-1-3-7-22(20)26-23/h4-5,8-9,14-15,17,26H,1-3,6-7,10-13,16H2,(H,25,28). The third-order valence-electron chi connectivity index (χ3n) is 6.80. The predicted octanol–water partition coefficient (Wildman–Crippen LogP) is 3.75. The maximum Gasteiger partial charge on any atom is 0.243 e. The molecule has 0 bridgehead atoms. The van der Waals surface area contributed by atoms with Gasteiger partial charge >= 0.3 is 0 Å². The van der Waals surface area contributed by atoms with Crippen molar-refractivity contribution in [2.75, 3.05) is 13.1 Å². The molecule has 7 nitrogen and oxygen atoms in total. The first kappa shape index (κ1) is 21.3. The number of piperidine rings is 1. The van der Waals surface area contributed by atoms with Gasteiger partial charge in [-0.2, -0.15) is 4.31 Å². The Kier molecular flexibility index (Phi) is 5.82. The minimum absolute atomic E-state index is 0.0464. The van der Waals surface area contributed by atoms with E-state index in [9.17, 15) is 13.2 Å². The van der Waals surface area contributed by atoms with Crippen LogP contribution in [0.25, 0.3) is 10.9 Å². The van der Waals surface area contributed by atoms with Crippen molar-refractivity contribution in [3.05, 3.63) is 53.6 Å². The van der Waals surface area contributed by atoms with E-state index in [1.54, 1.807) is 18.4 Å². The summed E-state index contributed by atoms with van der Waals surface area (Å²) >= 11 is 0. The number of amides is 1. The largest absolute Gasteiger partial charge is 0.467 e. The number of fused-ring (bicyclic) bond motifs is 3. The number of furan rings is 1. The highest BCUT2D eigenvalue weighted by molar-refractivity contribution is 7.89. The van der Waals surface area contributed by atoms with Crippen molar-refractivity contribution >= 4 is 26.8 Å². The summed E-state index contributed by atoms with van der Waals surface area (Å²) in [6, 6.07) is 9.04. The molecule has 1 fully saturated rings. The van der Waals surface area contributed by atoms with Crippen molar-refractivity contribution in [3.63, 3.8) is 0 Å². The van der Waals surface area contributed by atoms with Crippen LogP contribution in [0.2, 0.25) is 0 Å². The van der Waals surface area contributed by atoms with E-state index in [1.165, 1.54) is 28.4 Å². The molecule has 3 heterocycles. The fourth-order valence-electron chi connectivity index (χ4n) is 4.96. The molecule has 0 unspecified atom stereocenters. The van der Waals surface area contributed by atoms with Crippen molar-refractivity contribution in [2.24, 2.45) is 5.92 Å². The van der Waals surface area contributed by atoms with Crippen molar-refractivity contribution in [1.82, 2.24) is 14.6 Å². The van der Waals surface area contributed by atoms with Crippen LogP contribution in [0.4, 0.5) is 0 Å². The highest BCUT2D eigenvalue weighted by atomic mass is 32.2. The highest BCUT2D eigenvalue weighted by Gasteiger charge is 2.32. The zero-order valence-electron chi connectivity index (χ0n) is 18.1. The monoisotopic (exact) mass is 455 g/mol. The average Bonchev–Trinajstić information content (AvgIpc) is 3.39. The van der Waals surface area contributed by atoms with Gasteiger partial charge in [-0.15, -0.1) is 0 Å². The fourth-order valence-corrected chi connectivity index (χ4v) is 6.46. The van der Waals surface area contributed by atoms with Gasteiger partial charge in [0.25, 0.3) is 0 Å². The Balaban J connectivity index is 1.27. The smallest absolute Gasteiger partial charge is 0.243 e. The molecule has 1 aliphatic heterocycles. The lowest BCUT2D eigenvalue weighted by molar-refractivity contribution is -0.126. The zero-order valence-corrected chi connectivity index (χ0v) is 18.9. The molecular weight excluding hydrogens is 426 g/mol. The zero-order chi connectivity index (χ0) is 22.1. The van der Waals surface area contributed by atoms with Crippen molar-refractivity contribution in [2.45, 2.75) is 56.4 Å². The van der Waals surface area contributed by atoms with E-state index in [4.69, 9.17) is 4.42 Å². The summed E-state index contributed by atoms with van der Waals surface area (Å²) in [5.41, 5.74) is 3.55. The molecule has 1 aromatic carbocycles. The number of H-pyrrole nitrogens is 1. The molecule has 0 atom stereocenters. The number of hydrogen-bond donors (Lipinski definition) is 2. The molecule has 1 saturated heterocycles. The first-order valence-corrected chi connectivity index (χ1v) is 12.9. The van der Waals surface area contributed by atoms with E-state index in [-0.39, 0.29) is 11.8 Å². The van der Waals surface area contributed by atoms with Gasteiger partial charge in [-0.05, 0) is 74.4 Å². The third-order valence-corrected chi connectivity index (χ3v) is 8.69. The molecule has 1 amide bonds. The summed E-state index contributed by atoms with van der Waals surface area (Å²) in [6.07, 6.45) is 8.18. The van der Waals surface area contributed by atoms with Gasteiger partial charge in [0, 0.05) is 35.6 Å². The lowest BCUT2D eigenvalue weighted by atomic mass is 9.97. The number of carbonyl (C=O) groups is 1. The Morgan fingerprint density at radius 2 is 1.94 bits per heavy atom. The highest BCUT2D eigenvalue weighted by Crippen LogP contribution is 2.32. The summed E-state index contributed by atoms with van der Waals surface area (Å²) in [7, 11) is -3.59. The first-order chi connectivity index (χ1) is 15.5. The van der Waals surface area contributed by atoms with Gasteiger partial charge in [-0.3, -0.25) is 4.79 Å². The Morgan fingerprint density at radius 3 is 2.72 bits per heavy atom. The number of hydrogen-bond acceptors (Lipinski definition) is 4. The van der Waals surface area contributed by atoms with Crippen LogP contribution in [0.3, 0.4) is 0 Å². The molecule has 32 heavy (non-hydrogen) atoms. The lowest BCUT2D eigenvalue weighted by Gasteiger charge is -2.30. The normalized spacial score (nSPS) is 18.4. The number of benzene rings is 1. The second-order valence-electron chi connectivity index (χ2n) is 8.83. The summed E-state index contributed by atoms with van der Waals surface area (Å²) in [5.74, 6) is 0.477. The van der Waals surface area contributed by atoms with Crippen molar-refractivity contribution in [1.29, 1.82) is 0 Å². The molecule has 0 saturated carbocycles. The van der Waals surface area contributed by atoms with E-state index in [2.05, 4.69) is 10.3 Å². The van der Waals surface area contributed by atoms with Crippen LogP contribution in [0.15, 0.2) is 45.9 Å². The summed E-state index contributed by atoms with van der Waals surface area (Å²) < 4.78 is 33.5. The van der Waals surface area contributed by atoms with Gasteiger partial charge in [-0.25, -0.2) is 8.42 Å². The number of aryl methyl sites for hydroxylation is 2. The number of nitrogens with one attached hydrogen (secondary N) is 2. The minimum Gasteiger partial charge on any atom is -0.467 e. The van der Waals surface area contributed by atoms with Crippen LogP contribution < -0.4 is 5.32 Å². The predicted molar refractivity (Wildman–Crippen MR) is 122 cm³/mol. The molecule has 170 valence electrons. The average molecular weight is 456 g/mol. The Labute approximate surface area is 188 Å². The quantitative estimate of drug-likeness (QED) is 0.573. The number of nitrogens with zero attached hydrogens (tertiary/aromatic N) is 1. The first-order valence-electron chi connectivity index (χ1n) is 11.5. The lowest BCUT2D eigenvalue weighted by Crippen LogP contribution is -2.42. The Morgan fingerprint density at radius 1 is 1.12 bits per heavy atom. The van der Waals surface area contributed by atoms with Crippen molar-refractivity contribution in [3.8, 4) is 0 Å². The van der Waals surface area contributed by atoms with E-state index >= 15 is 0 Å². The summed E-state index contributed by atoms with van der Waals surface area (Å²) in [6.45, 7) is 1.06. The van der Waals surface area contributed by atoms with E-state index in [0.29, 0.717) is 43.1 Å². The maximum absolute atomic E-state index is 13.3. The number of rotatable bonds is 5. The summed E-state index contributed by atoms with van der Waals surface area (Å²) in [5, 5.41) is 3.92. The molecule has 1 aliphatic carbocycles. The molecule has 5 rings (SSSR count). The Hall–Kier alpha value is -2.58. The second-order valence-corrected chi connectivity index (χ2v) is 10.8. The molecule has 0 radical (unpaired) electrons. The summed E-state index contributed by atoms with van der Waals surface area (Å²) in [4.78, 5) is 16.3. The second kappa shape index (κ2) is 8.75. The third kappa shape index (κ3) is 4.09. The minimum atomic E-state index is -3.59. The van der Waals surface area contributed by atoms with E-state index < -0.39 is 10.0 Å². The fraction of sp³-hybridized carbons (Fsp3) is 0.458. The van der Waals surface area contributed by atoms with Crippen LogP contribution in [0, 0.1) is 5.92 Å². The van der Waals surface area contributed by atoms with Gasteiger partial charge in [0.2, 0.25) is 15.9 Å². The number of aromatic nitrogens is 1. The molecule has 2 aromatic heterocycles. The van der Waals surface area contributed by atoms with Crippen LogP contribution in [-0.2, 0) is 34.2 Å². The van der Waals surface area contributed by atoms with Gasteiger partial charge in [0.15, 0.2) is 0 Å². The van der Waals surface area contributed by atoms with Crippen LogP contribution in [0.5, 0.6) is 0 Å². The molecule has 2 N–H and O–H groups in total. The molecular formula is C24H29N3O4S. The topological polar surface area (TPSA) is 95.4 Å². The molecule has 3 aromatic rings. The Bertz CT molecular complexity index is 1210. The van der Waals surface area contributed by atoms with E-state index in [0.717, 1.165) is 30.2 Å². The van der Waals surface area contributed by atoms with Crippen LogP contribution >= 0.6 is 0 Å². The number of sulfonamides is 1. The van der Waals surface area contributed by atoms with Gasteiger partial charge in [0.05, 0.1) is 17.7 Å². The number of aromatic amines is 1. The SMILES string of the molecule is O=C(NCc1ccco1)C1CCN(S(=O)(=O)c2ccc3[nH]c4c(c3c2)CCCCC4)CC1.